The molecule has 0 aliphatic rings. The van der Waals surface area contributed by atoms with Gasteiger partial charge >= 0.3 is 0 Å². The number of nitrogens with one attached hydrogen (secondary N) is 1. The quantitative estimate of drug-likeness (QED) is 0.887. The van der Waals surface area contributed by atoms with Crippen molar-refractivity contribution >= 4 is 33.3 Å². The first-order valence-electron chi connectivity index (χ1n) is 4.75. The van der Waals surface area contributed by atoms with Crippen LogP contribution in [0.1, 0.15) is 5.56 Å². The Bertz CT molecular complexity index is 493. The summed E-state index contributed by atoms with van der Waals surface area (Å²) in [4.78, 5) is 7.91. The van der Waals surface area contributed by atoms with Crippen LogP contribution >= 0.6 is 15.9 Å². The molecule has 3 N–H and O–H groups in total. The van der Waals surface area contributed by atoms with Crippen LogP contribution in [0.15, 0.2) is 35.1 Å². The molecule has 5 heteroatoms. The van der Waals surface area contributed by atoms with Crippen molar-refractivity contribution in [3.05, 3.63) is 40.6 Å². The van der Waals surface area contributed by atoms with Gasteiger partial charge in [-0.2, -0.15) is 0 Å². The maximum atomic E-state index is 5.57. The van der Waals surface area contributed by atoms with Gasteiger partial charge in [0.15, 0.2) is 0 Å². The molecule has 16 heavy (non-hydrogen) atoms. The number of nitrogen functional groups attached to an aromatic ring is 1. The van der Waals surface area contributed by atoms with E-state index in [0.717, 1.165) is 10.2 Å². The van der Waals surface area contributed by atoms with Crippen molar-refractivity contribution < 1.29 is 0 Å². The Labute approximate surface area is 102 Å². The summed E-state index contributed by atoms with van der Waals surface area (Å²) in [6.07, 6.45) is 1.43. The zero-order valence-electron chi connectivity index (χ0n) is 8.74. The standard InChI is InChI=1S/C11H11BrN4/c1-7-2-8(12)4-9(3-7)16-11-5-10(13)14-6-15-11/h2-6H,1H3,(H3,13,14,15,16). The Hall–Kier alpha value is -1.62. The highest BCUT2D eigenvalue weighted by Crippen LogP contribution is 2.21. The summed E-state index contributed by atoms with van der Waals surface area (Å²) in [6, 6.07) is 7.74. The van der Waals surface area contributed by atoms with Gasteiger partial charge in [-0.1, -0.05) is 15.9 Å². The molecular weight excluding hydrogens is 268 g/mol. The number of hydrogen-bond donors (Lipinski definition) is 2. The number of rotatable bonds is 2. The molecule has 2 rings (SSSR count). The third-order valence-corrected chi connectivity index (χ3v) is 2.46. The highest BCUT2D eigenvalue weighted by Gasteiger charge is 1.99. The van der Waals surface area contributed by atoms with E-state index in [4.69, 9.17) is 5.73 Å². The summed E-state index contributed by atoms with van der Waals surface area (Å²) in [5.41, 5.74) is 7.70. The van der Waals surface area contributed by atoms with Gasteiger partial charge in [0.1, 0.15) is 18.0 Å². The Morgan fingerprint density at radius 3 is 2.69 bits per heavy atom. The van der Waals surface area contributed by atoms with Crippen LogP contribution in [0.3, 0.4) is 0 Å². The molecule has 2 aromatic rings. The predicted molar refractivity (Wildman–Crippen MR) is 68.6 cm³/mol. The smallest absolute Gasteiger partial charge is 0.135 e. The molecule has 0 saturated carbocycles. The molecule has 0 radical (unpaired) electrons. The van der Waals surface area contributed by atoms with E-state index < -0.39 is 0 Å². The summed E-state index contributed by atoms with van der Waals surface area (Å²) < 4.78 is 1.03. The number of aromatic nitrogens is 2. The monoisotopic (exact) mass is 278 g/mol. The van der Waals surface area contributed by atoms with Crippen LogP contribution in [0.2, 0.25) is 0 Å². The van der Waals surface area contributed by atoms with Gasteiger partial charge in [-0.15, -0.1) is 0 Å². The van der Waals surface area contributed by atoms with Crippen LogP contribution in [-0.2, 0) is 0 Å². The molecule has 0 saturated heterocycles. The van der Waals surface area contributed by atoms with E-state index in [9.17, 15) is 0 Å². The lowest BCUT2D eigenvalue weighted by Gasteiger charge is -2.07. The number of anilines is 3. The van der Waals surface area contributed by atoms with Crippen molar-refractivity contribution in [2.75, 3.05) is 11.1 Å². The average molecular weight is 279 g/mol. The summed E-state index contributed by atoms with van der Waals surface area (Å²) in [7, 11) is 0. The molecule has 0 amide bonds. The van der Waals surface area contributed by atoms with Crippen LogP contribution in [0.25, 0.3) is 0 Å². The second-order valence-electron chi connectivity index (χ2n) is 3.47. The van der Waals surface area contributed by atoms with E-state index in [0.29, 0.717) is 11.6 Å². The maximum Gasteiger partial charge on any atom is 0.135 e. The number of hydrogen-bond acceptors (Lipinski definition) is 4. The van der Waals surface area contributed by atoms with Gasteiger partial charge in [0.05, 0.1) is 0 Å². The van der Waals surface area contributed by atoms with Gasteiger partial charge in [-0.3, -0.25) is 0 Å². The second kappa shape index (κ2) is 4.49. The Morgan fingerprint density at radius 2 is 2.00 bits per heavy atom. The summed E-state index contributed by atoms with van der Waals surface area (Å²) in [5.74, 6) is 1.13. The van der Waals surface area contributed by atoms with E-state index in [-0.39, 0.29) is 0 Å². The lowest BCUT2D eigenvalue weighted by Crippen LogP contribution is -1.97. The minimum Gasteiger partial charge on any atom is -0.384 e. The third-order valence-electron chi connectivity index (χ3n) is 2.00. The number of halogens is 1. The third kappa shape index (κ3) is 2.70. The molecule has 0 spiro atoms. The van der Waals surface area contributed by atoms with E-state index in [1.54, 1.807) is 6.07 Å². The molecule has 0 fully saturated rings. The van der Waals surface area contributed by atoms with Crippen LogP contribution in [0, 0.1) is 6.92 Å². The summed E-state index contributed by atoms with van der Waals surface area (Å²) in [6.45, 7) is 2.03. The van der Waals surface area contributed by atoms with Gasteiger partial charge in [-0.05, 0) is 30.7 Å². The second-order valence-corrected chi connectivity index (χ2v) is 4.39. The molecule has 0 aliphatic heterocycles. The molecule has 0 atom stereocenters. The van der Waals surface area contributed by atoms with E-state index in [1.807, 2.05) is 25.1 Å². The molecular formula is C11H11BrN4. The van der Waals surface area contributed by atoms with Crippen molar-refractivity contribution in [1.82, 2.24) is 9.97 Å². The first kappa shape index (κ1) is 10.9. The largest absolute Gasteiger partial charge is 0.384 e. The summed E-state index contributed by atoms with van der Waals surface area (Å²) in [5, 5.41) is 3.17. The van der Waals surface area contributed by atoms with Gasteiger partial charge in [0, 0.05) is 16.2 Å². The molecule has 1 aromatic heterocycles. The van der Waals surface area contributed by atoms with Crippen LogP contribution in [-0.4, -0.2) is 9.97 Å². The van der Waals surface area contributed by atoms with Crippen molar-refractivity contribution in [2.45, 2.75) is 6.92 Å². The topological polar surface area (TPSA) is 63.8 Å². The van der Waals surface area contributed by atoms with Crippen molar-refractivity contribution in [1.29, 1.82) is 0 Å². The summed E-state index contributed by atoms with van der Waals surface area (Å²) >= 11 is 3.44. The number of aryl methyl sites for hydroxylation is 1. The predicted octanol–water partition coefficient (Wildman–Crippen LogP) is 2.87. The normalized spacial score (nSPS) is 10.1. The maximum absolute atomic E-state index is 5.57. The fourth-order valence-electron chi connectivity index (χ4n) is 1.40. The van der Waals surface area contributed by atoms with Gasteiger partial charge < -0.3 is 11.1 Å². The van der Waals surface area contributed by atoms with Gasteiger partial charge in [-0.25, -0.2) is 9.97 Å². The molecule has 0 unspecified atom stereocenters. The van der Waals surface area contributed by atoms with E-state index in [2.05, 4.69) is 31.2 Å². The highest BCUT2D eigenvalue weighted by molar-refractivity contribution is 9.10. The zero-order valence-corrected chi connectivity index (χ0v) is 10.3. The fraction of sp³-hybridized carbons (Fsp3) is 0.0909. The van der Waals surface area contributed by atoms with Crippen LogP contribution in [0.5, 0.6) is 0 Å². The lowest BCUT2D eigenvalue weighted by molar-refractivity contribution is 1.17. The van der Waals surface area contributed by atoms with E-state index >= 15 is 0 Å². The molecule has 1 heterocycles. The number of nitrogens with zero attached hydrogens (tertiary/aromatic N) is 2. The Balaban J connectivity index is 2.27. The number of benzene rings is 1. The first-order valence-corrected chi connectivity index (χ1v) is 5.54. The van der Waals surface area contributed by atoms with Crippen molar-refractivity contribution in [3.63, 3.8) is 0 Å². The lowest BCUT2D eigenvalue weighted by atomic mass is 10.2. The molecule has 82 valence electrons. The van der Waals surface area contributed by atoms with E-state index in [1.165, 1.54) is 11.9 Å². The highest BCUT2D eigenvalue weighted by atomic mass is 79.9. The SMILES string of the molecule is Cc1cc(Br)cc(Nc2cc(N)ncn2)c1. The molecule has 4 nitrogen and oxygen atoms in total. The molecule has 1 aromatic carbocycles. The average Bonchev–Trinajstić information content (AvgIpc) is 2.15. The van der Waals surface area contributed by atoms with Crippen molar-refractivity contribution in [3.8, 4) is 0 Å². The van der Waals surface area contributed by atoms with Crippen LogP contribution < -0.4 is 11.1 Å². The molecule has 0 bridgehead atoms. The first-order chi connectivity index (χ1) is 7.63. The minimum atomic E-state index is 0.448. The van der Waals surface area contributed by atoms with Gasteiger partial charge in [0.25, 0.3) is 0 Å². The molecule has 0 aliphatic carbocycles. The zero-order chi connectivity index (χ0) is 11.5. The Kier molecular flexibility index (Phi) is 3.05. The van der Waals surface area contributed by atoms with Crippen molar-refractivity contribution in [2.24, 2.45) is 0 Å². The fourth-order valence-corrected chi connectivity index (χ4v) is 2.00. The van der Waals surface area contributed by atoms with Crippen LogP contribution in [0.4, 0.5) is 17.3 Å². The van der Waals surface area contributed by atoms with Gasteiger partial charge in [0.2, 0.25) is 0 Å². The Morgan fingerprint density at radius 1 is 1.19 bits per heavy atom. The minimum absolute atomic E-state index is 0.448. The number of nitrogens with two attached hydrogens (primary N) is 1.